The molecule has 1 heterocycles. The molecule has 25 heavy (non-hydrogen) atoms. The molecule has 0 radical (unpaired) electrons. The van der Waals surface area contributed by atoms with Crippen molar-refractivity contribution in [2.45, 2.75) is 25.7 Å². The van der Waals surface area contributed by atoms with Gasteiger partial charge >= 0.3 is 0 Å². The molecule has 0 N–H and O–H groups in total. The van der Waals surface area contributed by atoms with E-state index in [-0.39, 0.29) is 11.9 Å². The van der Waals surface area contributed by atoms with Crippen LogP contribution in [0.25, 0.3) is 0 Å². The number of hydrogen-bond acceptors (Lipinski definition) is 3. The van der Waals surface area contributed by atoms with Crippen LogP contribution >= 0.6 is 11.3 Å². The maximum absolute atomic E-state index is 13.5. The second-order valence-corrected chi connectivity index (χ2v) is 12.1. The van der Waals surface area contributed by atoms with Crippen LogP contribution in [0.4, 0.5) is 10.1 Å². The van der Waals surface area contributed by atoms with Crippen LogP contribution in [-0.4, -0.2) is 8.32 Å². The van der Waals surface area contributed by atoms with Crippen LogP contribution in [-0.2, 0) is 4.53 Å². The number of halogens is 1. The molecule has 3 aromatic rings. The summed E-state index contributed by atoms with van der Waals surface area (Å²) in [6, 6.07) is 18.8. The van der Waals surface area contributed by atoms with E-state index in [1.165, 1.54) is 12.1 Å². The van der Waals surface area contributed by atoms with E-state index in [1.807, 2.05) is 47.5 Å². The monoisotopic (exact) mass is 371 g/mol. The van der Waals surface area contributed by atoms with Gasteiger partial charge in [-0.3, -0.25) is 5.06 Å². The molecule has 0 aliphatic heterocycles. The van der Waals surface area contributed by atoms with Gasteiger partial charge in [-0.2, -0.15) is 11.3 Å². The van der Waals surface area contributed by atoms with Gasteiger partial charge in [0.2, 0.25) is 8.32 Å². The predicted octanol–water partition coefficient (Wildman–Crippen LogP) is 6.25. The normalized spacial score (nSPS) is 12.8. The Bertz CT molecular complexity index is 785. The fraction of sp³-hybridized carbons (Fsp3) is 0.200. The number of hydrogen-bond donors (Lipinski definition) is 0. The van der Waals surface area contributed by atoms with Crippen LogP contribution < -0.4 is 5.06 Å². The smallest absolute Gasteiger partial charge is 0.220 e. The molecular formula is C20H22FNOSSi. The Kier molecular flexibility index (Phi) is 5.37. The molecule has 130 valence electrons. The number of thiophene rings is 1. The van der Waals surface area contributed by atoms with E-state index in [0.717, 1.165) is 16.8 Å². The molecule has 3 rings (SSSR count). The summed E-state index contributed by atoms with van der Waals surface area (Å²) in [6.45, 7) is 6.49. The molecule has 0 aliphatic rings. The van der Waals surface area contributed by atoms with Crippen molar-refractivity contribution in [3.63, 3.8) is 0 Å². The van der Waals surface area contributed by atoms with Crippen LogP contribution in [0.3, 0.4) is 0 Å². The van der Waals surface area contributed by atoms with E-state index in [4.69, 9.17) is 4.53 Å². The molecule has 0 aliphatic carbocycles. The van der Waals surface area contributed by atoms with Gasteiger partial charge in [0.1, 0.15) is 11.9 Å². The number of benzene rings is 2. The minimum atomic E-state index is -1.87. The van der Waals surface area contributed by atoms with Crippen LogP contribution in [0.5, 0.6) is 0 Å². The van der Waals surface area contributed by atoms with Crippen molar-refractivity contribution in [3.8, 4) is 0 Å². The molecule has 0 saturated carbocycles. The third kappa shape index (κ3) is 4.57. The molecular weight excluding hydrogens is 349 g/mol. The average Bonchev–Trinajstić information content (AvgIpc) is 3.10. The first kappa shape index (κ1) is 17.9. The highest BCUT2D eigenvalue weighted by molar-refractivity contribution is 7.08. The van der Waals surface area contributed by atoms with E-state index < -0.39 is 8.32 Å². The number of nitrogens with zero attached hydrogens (tertiary/aromatic N) is 1. The van der Waals surface area contributed by atoms with Gasteiger partial charge in [-0.25, -0.2) is 4.39 Å². The summed E-state index contributed by atoms with van der Waals surface area (Å²) in [7, 11) is -1.87. The zero-order chi connectivity index (χ0) is 17.9. The fourth-order valence-electron chi connectivity index (χ4n) is 2.66. The molecule has 0 fully saturated rings. The van der Waals surface area contributed by atoms with Crippen LogP contribution in [0, 0.1) is 5.82 Å². The zero-order valence-electron chi connectivity index (χ0n) is 14.6. The number of para-hydroxylation sites is 1. The first-order valence-electron chi connectivity index (χ1n) is 8.25. The van der Waals surface area contributed by atoms with Gasteiger partial charge in [0, 0.05) is 0 Å². The van der Waals surface area contributed by atoms with Gasteiger partial charge in [0.15, 0.2) is 0 Å². The third-order valence-corrected chi connectivity index (χ3v) is 5.11. The lowest BCUT2D eigenvalue weighted by Gasteiger charge is -2.37. The molecule has 5 heteroatoms. The SMILES string of the molecule is C[Si](C)(C)ON(c1ccccc1)C(c1ccc(F)cc1)c1ccsc1. The molecule has 1 atom stereocenters. The molecule has 0 bridgehead atoms. The summed E-state index contributed by atoms with van der Waals surface area (Å²) >= 11 is 1.65. The Morgan fingerprint density at radius 2 is 1.60 bits per heavy atom. The lowest BCUT2D eigenvalue weighted by Crippen LogP contribution is -2.40. The average molecular weight is 372 g/mol. The van der Waals surface area contributed by atoms with Crippen LogP contribution in [0.2, 0.25) is 19.6 Å². The number of hydroxylamine groups is 1. The van der Waals surface area contributed by atoms with E-state index in [0.29, 0.717) is 0 Å². The highest BCUT2D eigenvalue weighted by atomic mass is 32.1. The van der Waals surface area contributed by atoms with Crippen molar-refractivity contribution < 1.29 is 8.92 Å². The summed E-state index contributed by atoms with van der Waals surface area (Å²) < 4.78 is 19.9. The molecule has 0 saturated heterocycles. The van der Waals surface area contributed by atoms with Crippen molar-refractivity contribution in [2.75, 3.05) is 5.06 Å². The maximum Gasteiger partial charge on any atom is 0.220 e. The van der Waals surface area contributed by atoms with E-state index in [9.17, 15) is 4.39 Å². The predicted molar refractivity (Wildman–Crippen MR) is 106 cm³/mol. The summed E-state index contributed by atoms with van der Waals surface area (Å²) in [4.78, 5) is 0. The maximum atomic E-state index is 13.5. The first-order valence-corrected chi connectivity index (χ1v) is 12.6. The number of anilines is 1. The van der Waals surface area contributed by atoms with Gasteiger partial charge in [-0.15, -0.1) is 0 Å². The third-order valence-electron chi connectivity index (χ3n) is 3.66. The van der Waals surface area contributed by atoms with Gasteiger partial charge < -0.3 is 4.53 Å². The molecule has 0 spiro atoms. The van der Waals surface area contributed by atoms with Crippen LogP contribution in [0.1, 0.15) is 17.2 Å². The number of rotatable bonds is 6. The van der Waals surface area contributed by atoms with Crippen molar-refractivity contribution in [1.29, 1.82) is 0 Å². The van der Waals surface area contributed by atoms with E-state index in [1.54, 1.807) is 11.3 Å². The van der Waals surface area contributed by atoms with Crippen molar-refractivity contribution >= 4 is 25.3 Å². The molecule has 2 nitrogen and oxygen atoms in total. The fourth-order valence-corrected chi connectivity index (χ4v) is 4.14. The second-order valence-electron chi connectivity index (χ2n) is 6.88. The standard InChI is InChI=1S/C20H22FNOSSi/c1-25(2,3)23-22(19-7-5-4-6-8-19)20(17-13-14-24-15-17)16-9-11-18(21)12-10-16/h4-15,20H,1-3H3. The summed E-state index contributed by atoms with van der Waals surface area (Å²) in [6.07, 6.45) is 0. The zero-order valence-corrected chi connectivity index (χ0v) is 16.5. The van der Waals surface area contributed by atoms with Crippen molar-refractivity contribution in [2.24, 2.45) is 0 Å². The molecule has 1 aromatic heterocycles. The van der Waals surface area contributed by atoms with Gasteiger partial charge in [0.25, 0.3) is 0 Å². The second kappa shape index (κ2) is 7.52. The lowest BCUT2D eigenvalue weighted by atomic mass is 10.0. The van der Waals surface area contributed by atoms with Crippen molar-refractivity contribution in [3.05, 3.63) is 88.4 Å². The minimum Gasteiger partial charge on any atom is -0.319 e. The quantitative estimate of drug-likeness (QED) is 0.375. The van der Waals surface area contributed by atoms with Crippen molar-refractivity contribution in [1.82, 2.24) is 0 Å². The minimum absolute atomic E-state index is 0.124. The largest absolute Gasteiger partial charge is 0.319 e. The Hall–Kier alpha value is -1.95. The summed E-state index contributed by atoms with van der Waals surface area (Å²) in [5.74, 6) is -0.231. The molecule has 2 aromatic carbocycles. The summed E-state index contributed by atoms with van der Waals surface area (Å²) in [5.41, 5.74) is 3.13. The molecule has 1 unspecified atom stereocenters. The van der Waals surface area contributed by atoms with Gasteiger partial charge in [-0.05, 0) is 71.9 Å². The topological polar surface area (TPSA) is 12.5 Å². The first-order chi connectivity index (χ1) is 11.9. The van der Waals surface area contributed by atoms with Gasteiger partial charge in [-0.1, -0.05) is 30.3 Å². The van der Waals surface area contributed by atoms with Crippen LogP contribution in [0.15, 0.2) is 71.4 Å². The van der Waals surface area contributed by atoms with E-state index >= 15 is 0 Å². The Labute approximate surface area is 153 Å². The summed E-state index contributed by atoms with van der Waals surface area (Å²) in [5, 5.41) is 6.17. The Morgan fingerprint density at radius 3 is 2.16 bits per heavy atom. The molecule has 0 amide bonds. The highest BCUT2D eigenvalue weighted by Gasteiger charge is 2.29. The Morgan fingerprint density at radius 1 is 0.920 bits per heavy atom. The lowest BCUT2D eigenvalue weighted by molar-refractivity contribution is 0.248. The van der Waals surface area contributed by atoms with E-state index in [2.05, 4.69) is 36.5 Å². The Balaban J connectivity index is 2.11. The highest BCUT2D eigenvalue weighted by Crippen LogP contribution is 2.35. The van der Waals surface area contributed by atoms with Gasteiger partial charge in [0.05, 0.1) is 5.69 Å².